The number of likely N-dealkylation sites (N-methyl/N-ethyl adjacent to an activating group) is 1. The highest BCUT2D eigenvalue weighted by Gasteiger charge is 2.08. The number of rotatable bonds is 4. The predicted octanol–water partition coefficient (Wildman–Crippen LogP) is 1.85. The Bertz CT molecular complexity index is 156. The minimum atomic E-state index is 0.191. The lowest BCUT2D eigenvalue weighted by Gasteiger charge is -2.19. The van der Waals surface area contributed by atoms with Gasteiger partial charge in [0, 0.05) is 13.1 Å². The van der Waals surface area contributed by atoms with Gasteiger partial charge in [0.05, 0.1) is 4.43 Å². The van der Waals surface area contributed by atoms with Crippen molar-refractivity contribution in [2.24, 2.45) is 0 Å². The maximum absolute atomic E-state index is 11.2. The van der Waals surface area contributed by atoms with Gasteiger partial charge in [-0.3, -0.25) is 4.79 Å². The van der Waals surface area contributed by atoms with Crippen LogP contribution < -0.4 is 0 Å². The summed E-state index contributed by atoms with van der Waals surface area (Å²) in [7, 11) is 0. The van der Waals surface area contributed by atoms with Crippen LogP contribution in [-0.2, 0) is 4.79 Å². The summed E-state index contributed by atoms with van der Waals surface area (Å²) >= 11 is 2.08. The van der Waals surface area contributed by atoms with Gasteiger partial charge in [-0.25, -0.2) is 0 Å². The second-order valence-electron chi connectivity index (χ2n) is 2.50. The molecule has 0 unspecified atom stereocenters. The van der Waals surface area contributed by atoms with Gasteiger partial charge >= 0.3 is 0 Å². The Morgan fingerprint density at radius 1 is 1.64 bits per heavy atom. The van der Waals surface area contributed by atoms with E-state index in [0.717, 1.165) is 12.1 Å². The summed E-state index contributed by atoms with van der Waals surface area (Å²) in [4.78, 5) is 13.0. The molecule has 0 saturated heterocycles. The number of carbonyl (C=O) groups excluding carboxylic acids is 1. The lowest BCUT2D eigenvalue weighted by molar-refractivity contribution is -0.127. The van der Waals surface area contributed by atoms with Gasteiger partial charge < -0.3 is 4.90 Å². The Kier molecular flexibility index (Phi) is 5.54. The molecule has 3 heteroatoms. The summed E-state index contributed by atoms with van der Waals surface area (Å²) in [5, 5.41) is 0. The van der Waals surface area contributed by atoms with E-state index in [1.54, 1.807) is 4.90 Å². The van der Waals surface area contributed by atoms with E-state index in [0.29, 0.717) is 11.0 Å². The van der Waals surface area contributed by atoms with Crippen molar-refractivity contribution in [1.82, 2.24) is 4.90 Å². The van der Waals surface area contributed by atoms with Crippen LogP contribution in [0.5, 0.6) is 0 Å². The average molecular weight is 267 g/mol. The third kappa shape index (κ3) is 4.40. The Morgan fingerprint density at radius 2 is 2.18 bits per heavy atom. The highest BCUT2D eigenvalue weighted by Crippen LogP contribution is 1.98. The highest BCUT2D eigenvalue weighted by atomic mass is 127. The number of hydrogen-bond donors (Lipinski definition) is 0. The lowest BCUT2D eigenvalue weighted by Crippen LogP contribution is -2.32. The SMILES string of the molecule is C=C(C)CN(CC)C(=O)CI. The molecule has 0 spiro atoms. The molecule has 0 N–H and O–H groups in total. The molecule has 2 nitrogen and oxygen atoms in total. The normalized spacial score (nSPS) is 9.36. The molecule has 64 valence electrons. The van der Waals surface area contributed by atoms with E-state index in [9.17, 15) is 4.79 Å². The van der Waals surface area contributed by atoms with Gasteiger partial charge in [0.1, 0.15) is 0 Å². The molecule has 0 atom stereocenters. The molecule has 0 heterocycles. The molecule has 1 amide bonds. The Hall–Kier alpha value is -0.0600. The van der Waals surface area contributed by atoms with E-state index in [-0.39, 0.29) is 5.91 Å². The van der Waals surface area contributed by atoms with Crippen LogP contribution in [0.1, 0.15) is 13.8 Å². The summed E-state index contributed by atoms with van der Waals surface area (Å²) in [5.41, 5.74) is 1.03. The van der Waals surface area contributed by atoms with Gasteiger partial charge in [0.15, 0.2) is 0 Å². The van der Waals surface area contributed by atoms with Crippen LogP contribution in [0.25, 0.3) is 0 Å². The zero-order valence-corrected chi connectivity index (χ0v) is 9.22. The van der Waals surface area contributed by atoms with E-state index < -0.39 is 0 Å². The molecule has 0 aromatic carbocycles. The smallest absolute Gasteiger partial charge is 0.232 e. The van der Waals surface area contributed by atoms with E-state index >= 15 is 0 Å². The number of amides is 1. The number of halogens is 1. The van der Waals surface area contributed by atoms with E-state index in [4.69, 9.17) is 0 Å². The third-order valence-corrected chi connectivity index (χ3v) is 1.96. The molecule has 0 aromatic heterocycles. The van der Waals surface area contributed by atoms with Crippen LogP contribution in [0, 0.1) is 0 Å². The minimum absolute atomic E-state index is 0.191. The number of alkyl halides is 1. The van der Waals surface area contributed by atoms with Crippen molar-refractivity contribution in [2.75, 3.05) is 17.5 Å². The van der Waals surface area contributed by atoms with Gasteiger partial charge in [-0.2, -0.15) is 0 Å². The molecule has 0 aliphatic heterocycles. The quantitative estimate of drug-likeness (QED) is 0.432. The molecule has 0 aliphatic rings. The Labute approximate surface area is 81.8 Å². The van der Waals surface area contributed by atoms with E-state index in [1.807, 2.05) is 13.8 Å². The van der Waals surface area contributed by atoms with Crippen LogP contribution in [0.2, 0.25) is 0 Å². The topological polar surface area (TPSA) is 20.3 Å². The van der Waals surface area contributed by atoms with Crippen molar-refractivity contribution < 1.29 is 4.79 Å². The summed E-state index contributed by atoms with van der Waals surface area (Å²) in [6.45, 7) is 9.14. The molecule has 0 radical (unpaired) electrons. The van der Waals surface area contributed by atoms with Crippen molar-refractivity contribution in [1.29, 1.82) is 0 Å². The van der Waals surface area contributed by atoms with Crippen molar-refractivity contribution in [3.63, 3.8) is 0 Å². The Balaban J connectivity index is 3.94. The van der Waals surface area contributed by atoms with Crippen LogP contribution in [-0.4, -0.2) is 28.3 Å². The molecule has 0 aromatic rings. The van der Waals surface area contributed by atoms with Crippen LogP contribution in [0.3, 0.4) is 0 Å². The zero-order chi connectivity index (χ0) is 8.85. The monoisotopic (exact) mass is 267 g/mol. The van der Waals surface area contributed by atoms with Gasteiger partial charge in [0.25, 0.3) is 0 Å². The summed E-state index contributed by atoms with van der Waals surface area (Å²) in [6, 6.07) is 0. The second-order valence-corrected chi connectivity index (χ2v) is 3.26. The van der Waals surface area contributed by atoms with Crippen molar-refractivity contribution in [3.8, 4) is 0 Å². The predicted molar refractivity (Wildman–Crippen MR) is 56.0 cm³/mol. The largest absolute Gasteiger partial charge is 0.338 e. The molecular formula is C8H14INO. The Morgan fingerprint density at radius 3 is 2.45 bits per heavy atom. The summed E-state index contributed by atoms with van der Waals surface area (Å²) in [5.74, 6) is 0.191. The van der Waals surface area contributed by atoms with Gasteiger partial charge in [-0.1, -0.05) is 34.7 Å². The zero-order valence-electron chi connectivity index (χ0n) is 7.06. The number of nitrogens with zero attached hydrogens (tertiary/aromatic N) is 1. The summed E-state index contributed by atoms with van der Waals surface area (Å²) in [6.07, 6.45) is 0. The standard InChI is InChI=1S/C8H14INO/c1-4-10(6-7(2)3)8(11)5-9/h2,4-6H2,1,3H3. The maximum atomic E-state index is 11.2. The third-order valence-electron chi connectivity index (χ3n) is 1.31. The van der Waals surface area contributed by atoms with Crippen molar-refractivity contribution >= 4 is 28.5 Å². The maximum Gasteiger partial charge on any atom is 0.232 e. The minimum Gasteiger partial charge on any atom is -0.338 e. The average Bonchev–Trinajstić information content (AvgIpc) is 1.98. The fraction of sp³-hybridized carbons (Fsp3) is 0.625. The number of hydrogen-bond acceptors (Lipinski definition) is 1. The molecule has 11 heavy (non-hydrogen) atoms. The molecule has 0 rings (SSSR count). The van der Waals surface area contributed by atoms with Gasteiger partial charge in [0.2, 0.25) is 5.91 Å². The molecule has 0 saturated carbocycles. The highest BCUT2D eigenvalue weighted by molar-refractivity contribution is 14.1. The molecule has 0 bridgehead atoms. The van der Waals surface area contributed by atoms with Crippen LogP contribution in [0.15, 0.2) is 12.2 Å². The summed E-state index contributed by atoms with van der Waals surface area (Å²) < 4.78 is 0.554. The molecule has 0 fully saturated rings. The first kappa shape index (κ1) is 10.9. The second kappa shape index (κ2) is 5.57. The van der Waals surface area contributed by atoms with Crippen molar-refractivity contribution in [2.45, 2.75) is 13.8 Å². The number of carbonyl (C=O) groups is 1. The fourth-order valence-corrected chi connectivity index (χ4v) is 1.27. The fourth-order valence-electron chi connectivity index (χ4n) is 0.787. The van der Waals surface area contributed by atoms with Gasteiger partial charge in [-0.15, -0.1) is 0 Å². The van der Waals surface area contributed by atoms with Crippen molar-refractivity contribution in [3.05, 3.63) is 12.2 Å². The first-order valence-corrected chi connectivity index (χ1v) is 5.12. The van der Waals surface area contributed by atoms with E-state index in [2.05, 4.69) is 29.2 Å². The first-order valence-electron chi connectivity index (χ1n) is 3.60. The van der Waals surface area contributed by atoms with E-state index in [1.165, 1.54) is 0 Å². The van der Waals surface area contributed by atoms with Crippen LogP contribution >= 0.6 is 22.6 Å². The van der Waals surface area contributed by atoms with Gasteiger partial charge in [-0.05, 0) is 13.8 Å². The first-order chi connectivity index (χ1) is 5.11. The lowest BCUT2D eigenvalue weighted by atomic mass is 10.3. The van der Waals surface area contributed by atoms with Crippen LogP contribution in [0.4, 0.5) is 0 Å². The molecular weight excluding hydrogens is 253 g/mol. The molecule has 0 aliphatic carbocycles.